The molecule has 1 saturated carbocycles. The zero-order valence-electron chi connectivity index (χ0n) is 6.48. The van der Waals surface area contributed by atoms with Gasteiger partial charge in [-0.25, -0.2) is 0 Å². The van der Waals surface area contributed by atoms with Gasteiger partial charge in [-0.1, -0.05) is 13.3 Å². The van der Waals surface area contributed by atoms with E-state index in [0.717, 1.165) is 11.0 Å². The van der Waals surface area contributed by atoms with Gasteiger partial charge in [-0.3, -0.25) is 0 Å². The van der Waals surface area contributed by atoms with Crippen LogP contribution in [0.3, 0.4) is 0 Å². The molecule has 10 heavy (non-hydrogen) atoms. The van der Waals surface area contributed by atoms with Crippen molar-refractivity contribution in [3.05, 3.63) is 0 Å². The van der Waals surface area contributed by atoms with Crippen molar-refractivity contribution in [1.82, 2.24) is 10.6 Å². The first-order valence-corrected chi connectivity index (χ1v) is 4.17. The van der Waals surface area contributed by atoms with Crippen LogP contribution in [0.15, 0.2) is 0 Å². The molecule has 0 bridgehead atoms. The lowest BCUT2D eigenvalue weighted by molar-refractivity contribution is 0.720. The van der Waals surface area contributed by atoms with Gasteiger partial charge in [-0.2, -0.15) is 0 Å². The lowest BCUT2D eigenvalue weighted by atomic mass is 10.3. The Bertz CT molecular complexity index is 136. The van der Waals surface area contributed by atoms with Gasteiger partial charge in [0.1, 0.15) is 0 Å². The van der Waals surface area contributed by atoms with Crippen LogP contribution in [-0.2, 0) is 0 Å². The third-order valence-corrected chi connectivity index (χ3v) is 2.31. The van der Waals surface area contributed by atoms with Crippen LogP contribution in [0, 0.1) is 5.92 Å². The molecule has 2 nitrogen and oxygen atoms in total. The van der Waals surface area contributed by atoms with E-state index in [9.17, 15) is 0 Å². The number of thiocarbonyl (C=S) groups is 1. The number of hydrogen-bond acceptors (Lipinski definition) is 1. The standard InChI is InChI=1S/C7H14N2S/c1-3-5-4-6(5)9-7(10)8-2/h5-6H,3-4H2,1-2H3,(H2,8,9,10). The van der Waals surface area contributed by atoms with Crippen molar-refractivity contribution in [1.29, 1.82) is 0 Å². The summed E-state index contributed by atoms with van der Waals surface area (Å²) in [6.07, 6.45) is 2.56. The van der Waals surface area contributed by atoms with Crippen LogP contribution >= 0.6 is 12.2 Å². The van der Waals surface area contributed by atoms with Gasteiger partial charge in [-0.15, -0.1) is 0 Å². The molecule has 0 aromatic rings. The number of rotatable bonds is 2. The summed E-state index contributed by atoms with van der Waals surface area (Å²) in [6, 6.07) is 0.657. The molecule has 0 aliphatic heterocycles. The highest BCUT2D eigenvalue weighted by atomic mass is 32.1. The largest absolute Gasteiger partial charge is 0.366 e. The molecule has 58 valence electrons. The second-order valence-electron chi connectivity index (χ2n) is 2.73. The maximum Gasteiger partial charge on any atom is 0.166 e. The predicted octanol–water partition coefficient (Wildman–Crippen LogP) is 0.879. The number of hydrogen-bond donors (Lipinski definition) is 2. The average Bonchev–Trinajstić information content (AvgIpc) is 2.67. The summed E-state index contributed by atoms with van der Waals surface area (Å²) in [5.74, 6) is 0.867. The minimum absolute atomic E-state index is 0.657. The third kappa shape index (κ3) is 1.84. The topological polar surface area (TPSA) is 24.1 Å². The van der Waals surface area contributed by atoms with E-state index in [1.807, 2.05) is 7.05 Å². The molecule has 1 aliphatic carbocycles. The average molecular weight is 158 g/mol. The summed E-state index contributed by atoms with van der Waals surface area (Å²) in [6.45, 7) is 2.22. The first kappa shape index (κ1) is 7.79. The van der Waals surface area contributed by atoms with E-state index in [0.29, 0.717) is 6.04 Å². The van der Waals surface area contributed by atoms with Gasteiger partial charge in [0.2, 0.25) is 0 Å². The minimum atomic E-state index is 0.657. The van der Waals surface area contributed by atoms with E-state index >= 15 is 0 Å². The van der Waals surface area contributed by atoms with Crippen LogP contribution in [0.4, 0.5) is 0 Å². The first-order chi connectivity index (χ1) is 4.77. The van der Waals surface area contributed by atoms with Crippen molar-refractivity contribution in [2.75, 3.05) is 7.05 Å². The first-order valence-electron chi connectivity index (χ1n) is 3.76. The van der Waals surface area contributed by atoms with E-state index in [4.69, 9.17) is 12.2 Å². The molecule has 0 spiro atoms. The van der Waals surface area contributed by atoms with E-state index in [1.54, 1.807) is 0 Å². The van der Waals surface area contributed by atoms with Crippen molar-refractivity contribution < 1.29 is 0 Å². The van der Waals surface area contributed by atoms with Gasteiger partial charge in [0, 0.05) is 13.1 Å². The lowest BCUT2D eigenvalue weighted by Gasteiger charge is -2.04. The summed E-state index contributed by atoms with van der Waals surface area (Å²) in [5, 5.41) is 6.90. The summed E-state index contributed by atoms with van der Waals surface area (Å²) >= 11 is 4.95. The highest BCUT2D eigenvalue weighted by molar-refractivity contribution is 7.80. The fraction of sp³-hybridized carbons (Fsp3) is 0.857. The summed E-state index contributed by atoms with van der Waals surface area (Å²) < 4.78 is 0. The van der Waals surface area contributed by atoms with Crippen LogP contribution in [0.5, 0.6) is 0 Å². The van der Waals surface area contributed by atoms with E-state index < -0.39 is 0 Å². The Labute approximate surface area is 67.4 Å². The molecule has 0 heterocycles. The van der Waals surface area contributed by atoms with E-state index in [-0.39, 0.29) is 0 Å². The van der Waals surface area contributed by atoms with Crippen LogP contribution < -0.4 is 10.6 Å². The van der Waals surface area contributed by atoms with Gasteiger partial charge in [0.05, 0.1) is 0 Å². The zero-order chi connectivity index (χ0) is 7.56. The van der Waals surface area contributed by atoms with Crippen LogP contribution in [0.2, 0.25) is 0 Å². The maximum absolute atomic E-state index is 4.95. The molecule has 2 atom stereocenters. The summed E-state index contributed by atoms with van der Waals surface area (Å²) in [4.78, 5) is 0. The van der Waals surface area contributed by atoms with Crippen LogP contribution in [0.1, 0.15) is 19.8 Å². The van der Waals surface area contributed by atoms with Gasteiger partial charge in [-0.05, 0) is 24.6 Å². The lowest BCUT2D eigenvalue weighted by Crippen LogP contribution is -2.34. The van der Waals surface area contributed by atoms with Crippen molar-refractivity contribution in [3.8, 4) is 0 Å². The molecular weight excluding hydrogens is 144 g/mol. The van der Waals surface area contributed by atoms with Gasteiger partial charge >= 0.3 is 0 Å². The normalized spacial score (nSPS) is 29.4. The third-order valence-electron chi connectivity index (χ3n) is 1.99. The fourth-order valence-corrected chi connectivity index (χ4v) is 1.27. The Morgan fingerprint density at radius 2 is 2.40 bits per heavy atom. The molecule has 0 saturated heterocycles. The fourth-order valence-electron chi connectivity index (χ4n) is 1.12. The zero-order valence-corrected chi connectivity index (χ0v) is 7.29. The monoisotopic (exact) mass is 158 g/mol. The molecule has 0 aromatic carbocycles. The van der Waals surface area contributed by atoms with E-state index in [2.05, 4.69) is 17.6 Å². The molecule has 3 heteroatoms. The molecule has 0 amide bonds. The summed E-state index contributed by atoms with van der Waals surface area (Å²) in [5.41, 5.74) is 0. The van der Waals surface area contributed by atoms with Crippen molar-refractivity contribution in [3.63, 3.8) is 0 Å². The van der Waals surface area contributed by atoms with Crippen LogP contribution in [0.25, 0.3) is 0 Å². The Morgan fingerprint density at radius 1 is 1.70 bits per heavy atom. The second-order valence-corrected chi connectivity index (χ2v) is 3.14. The Kier molecular flexibility index (Phi) is 2.49. The minimum Gasteiger partial charge on any atom is -0.366 e. The van der Waals surface area contributed by atoms with Crippen molar-refractivity contribution in [2.24, 2.45) is 5.92 Å². The van der Waals surface area contributed by atoms with Gasteiger partial charge in [0.15, 0.2) is 5.11 Å². The highest BCUT2D eigenvalue weighted by Gasteiger charge is 2.35. The number of nitrogens with one attached hydrogen (secondary N) is 2. The highest BCUT2D eigenvalue weighted by Crippen LogP contribution is 2.32. The van der Waals surface area contributed by atoms with Gasteiger partial charge in [0.25, 0.3) is 0 Å². The van der Waals surface area contributed by atoms with Gasteiger partial charge < -0.3 is 10.6 Å². The maximum atomic E-state index is 4.95. The Balaban J connectivity index is 2.11. The molecule has 2 unspecified atom stereocenters. The van der Waals surface area contributed by atoms with E-state index in [1.165, 1.54) is 12.8 Å². The molecule has 0 radical (unpaired) electrons. The Hall–Kier alpha value is -0.310. The van der Waals surface area contributed by atoms with Crippen molar-refractivity contribution in [2.45, 2.75) is 25.8 Å². The molecular formula is C7H14N2S. The summed E-state index contributed by atoms with van der Waals surface area (Å²) in [7, 11) is 1.85. The Morgan fingerprint density at radius 3 is 2.80 bits per heavy atom. The predicted molar refractivity (Wildman–Crippen MR) is 47.0 cm³/mol. The quantitative estimate of drug-likeness (QED) is 0.583. The second kappa shape index (κ2) is 3.19. The molecule has 1 rings (SSSR count). The smallest absolute Gasteiger partial charge is 0.166 e. The molecule has 0 aromatic heterocycles. The van der Waals surface area contributed by atoms with Crippen molar-refractivity contribution >= 4 is 17.3 Å². The SMILES string of the molecule is CCC1CC1NC(=S)NC. The van der Waals surface area contributed by atoms with Crippen LogP contribution in [-0.4, -0.2) is 18.2 Å². The molecule has 1 fully saturated rings. The molecule has 2 N–H and O–H groups in total. The molecule has 1 aliphatic rings.